The lowest BCUT2D eigenvalue weighted by atomic mass is 10.1. The Morgan fingerprint density at radius 1 is 1.26 bits per heavy atom. The van der Waals surface area contributed by atoms with Crippen LogP contribution < -0.4 is 11.1 Å². The first-order valence-corrected chi connectivity index (χ1v) is 6.60. The van der Waals surface area contributed by atoms with Gasteiger partial charge in [-0.25, -0.2) is 4.98 Å². The van der Waals surface area contributed by atoms with Gasteiger partial charge in [-0.3, -0.25) is 4.79 Å². The minimum atomic E-state index is -0.266. The predicted octanol–water partition coefficient (Wildman–Crippen LogP) is 2.73. The second kappa shape index (κ2) is 5.90. The van der Waals surface area contributed by atoms with Crippen molar-refractivity contribution in [3.8, 4) is 0 Å². The third-order valence-electron chi connectivity index (χ3n) is 2.40. The molecule has 0 bridgehead atoms. The molecular weight excluding hydrogens is 326 g/mol. The first kappa shape index (κ1) is 13.6. The van der Waals surface area contributed by atoms with E-state index in [2.05, 4.69) is 26.2 Å². The zero-order valence-corrected chi connectivity index (χ0v) is 12.2. The van der Waals surface area contributed by atoms with Gasteiger partial charge in [0.25, 0.3) is 5.91 Å². The van der Waals surface area contributed by atoms with E-state index >= 15 is 0 Å². The number of thiocarbonyl (C=S) groups is 1. The average Bonchev–Trinajstić information content (AvgIpc) is 2.41. The summed E-state index contributed by atoms with van der Waals surface area (Å²) in [4.78, 5) is 16.4. The standard InChI is InChI=1S/C13H10BrN3OS/c14-10-5-2-6-16-12(10)17-13(18)9-4-1-3-8(7-9)11(15)19/h1-7H,(H2,15,19)(H,16,17,18). The number of amides is 1. The molecule has 0 spiro atoms. The van der Waals surface area contributed by atoms with Gasteiger partial charge in [0, 0.05) is 17.3 Å². The highest BCUT2D eigenvalue weighted by atomic mass is 79.9. The van der Waals surface area contributed by atoms with Gasteiger partial charge < -0.3 is 11.1 Å². The van der Waals surface area contributed by atoms with Crippen LogP contribution in [0.5, 0.6) is 0 Å². The summed E-state index contributed by atoms with van der Waals surface area (Å²) in [5.74, 6) is 0.200. The number of nitrogens with zero attached hydrogens (tertiary/aromatic N) is 1. The molecule has 19 heavy (non-hydrogen) atoms. The molecule has 0 aliphatic rings. The van der Waals surface area contributed by atoms with Crippen molar-refractivity contribution in [2.24, 2.45) is 5.73 Å². The fourth-order valence-electron chi connectivity index (χ4n) is 1.47. The summed E-state index contributed by atoms with van der Waals surface area (Å²) in [5, 5.41) is 2.71. The van der Waals surface area contributed by atoms with E-state index in [-0.39, 0.29) is 10.9 Å². The monoisotopic (exact) mass is 335 g/mol. The minimum Gasteiger partial charge on any atom is -0.389 e. The maximum absolute atomic E-state index is 12.1. The molecule has 6 heteroatoms. The van der Waals surface area contributed by atoms with Gasteiger partial charge in [0.15, 0.2) is 0 Å². The molecule has 1 heterocycles. The molecule has 0 fully saturated rings. The van der Waals surface area contributed by atoms with Crippen LogP contribution in [-0.4, -0.2) is 15.9 Å². The summed E-state index contributed by atoms with van der Waals surface area (Å²) in [5.41, 5.74) is 6.67. The van der Waals surface area contributed by atoms with Crippen LogP contribution in [0.1, 0.15) is 15.9 Å². The molecule has 0 unspecified atom stereocenters. The highest BCUT2D eigenvalue weighted by Gasteiger charge is 2.10. The van der Waals surface area contributed by atoms with Crippen LogP contribution in [0.3, 0.4) is 0 Å². The van der Waals surface area contributed by atoms with Crippen molar-refractivity contribution in [3.05, 3.63) is 58.2 Å². The van der Waals surface area contributed by atoms with Gasteiger partial charge >= 0.3 is 0 Å². The van der Waals surface area contributed by atoms with Crippen molar-refractivity contribution in [1.29, 1.82) is 0 Å². The van der Waals surface area contributed by atoms with Crippen molar-refractivity contribution in [3.63, 3.8) is 0 Å². The van der Waals surface area contributed by atoms with Crippen LogP contribution in [0.4, 0.5) is 5.82 Å². The Kier molecular flexibility index (Phi) is 4.24. The lowest BCUT2D eigenvalue weighted by Gasteiger charge is -2.07. The van der Waals surface area contributed by atoms with Crippen molar-refractivity contribution in [2.45, 2.75) is 0 Å². The van der Waals surface area contributed by atoms with Crippen LogP contribution in [0.15, 0.2) is 47.1 Å². The lowest BCUT2D eigenvalue weighted by molar-refractivity contribution is 0.102. The summed E-state index contributed by atoms with van der Waals surface area (Å²) in [6.07, 6.45) is 1.60. The molecule has 0 radical (unpaired) electrons. The highest BCUT2D eigenvalue weighted by molar-refractivity contribution is 9.10. The van der Waals surface area contributed by atoms with Gasteiger partial charge in [0.2, 0.25) is 0 Å². The van der Waals surface area contributed by atoms with Crippen LogP contribution in [0.2, 0.25) is 0 Å². The molecule has 0 saturated heterocycles. The number of anilines is 1. The van der Waals surface area contributed by atoms with Crippen molar-refractivity contribution in [1.82, 2.24) is 4.98 Å². The Hall–Kier alpha value is -1.79. The highest BCUT2D eigenvalue weighted by Crippen LogP contribution is 2.19. The second-order valence-electron chi connectivity index (χ2n) is 3.73. The molecule has 4 nitrogen and oxygen atoms in total. The predicted molar refractivity (Wildman–Crippen MR) is 82.2 cm³/mol. The number of pyridine rings is 1. The molecule has 2 rings (SSSR count). The number of hydrogen-bond acceptors (Lipinski definition) is 3. The average molecular weight is 336 g/mol. The molecule has 1 aromatic heterocycles. The van der Waals surface area contributed by atoms with Gasteiger partial charge in [0.1, 0.15) is 10.8 Å². The SMILES string of the molecule is NC(=S)c1cccc(C(=O)Nc2ncccc2Br)c1. The summed E-state index contributed by atoms with van der Waals surface area (Å²) in [7, 11) is 0. The molecule has 0 aliphatic heterocycles. The van der Waals surface area contributed by atoms with Gasteiger partial charge in [-0.2, -0.15) is 0 Å². The lowest BCUT2D eigenvalue weighted by Crippen LogP contribution is -2.15. The van der Waals surface area contributed by atoms with Gasteiger partial charge in [-0.15, -0.1) is 0 Å². The van der Waals surface area contributed by atoms with E-state index in [0.717, 1.165) is 0 Å². The van der Waals surface area contributed by atoms with Gasteiger partial charge in [0.05, 0.1) is 4.47 Å². The Morgan fingerprint density at radius 3 is 2.68 bits per heavy atom. The Morgan fingerprint density at radius 2 is 2.00 bits per heavy atom. The van der Waals surface area contributed by atoms with E-state index in [0.29, 0.717) is 21.4 Å². The molecule has 0 aliphatic carbocycles. The van der Waals surface area contributed by atoms with Crippen LogP contribution in [-0.2, 0) is 0 Å². The molecule has 2 aromatic rings. The molecular formula is C13H10BrN3OS. The first-order valence-electron chi connectivity index (χ1n) is 5.39. The maximum Gasteiger partial charge on any atom is 0.256 e. The molecule has 96 valence electrons. The van der Waals surface area contributed by atoms with Crippen LogP contribution >= 0.6 is 28.1 Å². The summed E-state index contributed by atoms with van der Waals surface area (Å²) < 4.78 is 0.717. The number of hydrogen-bond donors (Lipinski definition) is 2. The fraction of sp³-hybridized carbons (Fsp3) is 0. The number of aromatic nitrogens is 1. The van der Waals surface area contributed by atoms with E-state index in [1.54, 1.807) is 42.6 Å². The second-order valence-corrected chi connectivity index (χ2v) is 5.03. The Balaban J connectivity index is 2.23. The maximum atomic E-state index is 12.1. The molecule has 1 amide bonds. The number of carbonyl (C=O) groups is 1. The van der Waals surface area contributed by atoms with E-state index in [1.165, 1.54) is 0 Å². The number of halogens is 1. The van der Waals surface area contributed by atoms with Crippen molar-refractivity contribution >= 4 is 44.9 Å². The zero-order valence-electron chi connectivity index (χ0n) is 9.76. The smallest absolute Gasteiger partial charge is 0.256 e. The van der Waals surface area contributed by atoms with Crippen LogP contribution in [0.25, 0.3) is 0 Å². The van der Waals surface area contributed by atoms with Gasteiger partial charge in [-0.05, 0) is 40.2 Å². The van der Waals surface area contributed by atoms with Crippen molar-refractivity contribution < 1.29 is 4.79 Å². The van der Waals surface area contributed by atoms with E-state index < -0.39 is 0 Å². The quantitative estimate of drug-likeness (QED) is 0.846. The third kappa shape index (κ3) is 3.36. The molecule has 3 N–H and O–H groups in total. The number of benzene rings is 1. The van der Waals surface area contributed by atoms with Gasteiger partial charge in [-0.1, -0.05) is 24.4 Å². The summed E-state index contributed by atoms with van der Waals surface area (Å²) in [6.45, 7) is 0. The summed E-state index contributed by atoms with van der Waals surface area (Å²) >= 11 is 8.20. The van der Waals surface area contributed by atoms with Crippen LogP contribution in [0, 0.1) is 0 Å². The Labute approximate surface area is 124 Å². The number of nitrogens with two attached hydrogens (primary N) is 1. The zero-order chi connectivity index (χ0) is 13.8. The van der Waals surface area contributed by atoms with E-state index in [9.17, 15) is 4.79 Å². The fourth-order valence-corrected chi connectivity index (χ4v) is 1.95. The first-order chi connectivity index (χ1) is 9.08. The minimum absolute atomic E-state index is 0.258. The molecule has 0 saturated carbocycles. The third-order valence-corrected chi connectivity index (χ3v) is 3.28. The largest absolute Gasteiger partial charge is 0.389 e. The van der Waals surface area contributed by atoms with Crippen molar-refractivity contribution in [2.75, 3.05) is 5.32 Å². The number of nitrogens with one attached hydrogen (secondary N) is 1. The topological polar surface area (TPSA) is 68.0 Å². The number of rotatable bonds is 3. The number of carbonyl (C=O) groups excluding carboxylic acids is 1. The Bertz CT molecular complexity index is 645. The molecule has 0 atom stereocenters. The van der Waals surface area contributed by atoms with E-state index in [4.69, 9.17) is 18.0 Å². The summed E-state index contributed by atoms with van der Waals surface area (Å²) in [6, 6.07) is 10.4. The normalized spacial score (nSPS) is 9.95. The molecule has 1 aromatic carbocycles. The van der Waals surface area contributed by atoms with E-state index in [1.807, 2.05) is 0 Å².